The fourth-order valence-corrected chi connectivity index (χ4v) is 2.01. The van der Waals surface area contributed by atoms with Crippen molar-refractivity contribution < 1.29 is 0 Å². The van der Waals surface area contributed by atoms with E-state index in [0.29, 0.717) is 11.3 Å². The molecule has 1 saturated carbocycles. The Balaban J connectivity index is 2.40. The van der Waals surface area contributed by atoms with Crippen LogP contribution in [-0.4, -0.2) is 14.8 Å². The largest absolute Gasteiger partial charge is 0.298 e. The highest BCUT2D eigenvalue weighted by atomic mass is 35.5. The van der Waals surface area contributed by atoms with Crippen LogP contribution in [0.5, 0.6) is 0 Å². The Morgan fingerprint density at radius 3 is 2.36 bits per heavy atom. The standard InChI is InChI=1S/C10H16ClN3/c1-10(2,3)8-12-13-9(11)14(8)7-5-4-6-7/h7H,4-6H2,1-3H3. The first kappa shape index (κ1) is 9.97. The van der Waals surface area contributed by atoms with Crippen LogP contribution in [0.15, 0.2) is 0 Å². The molecule has 0 aliphatic heterocycles. The molecule has 1 aliphatic rings. The minimum Gasteiger partial charge on any atom is -0.298 e. The molecule has 1 aromatic heterocycles. The first-order chi connectivity index (χ1) is 6.50. The van der Waals surface area contributed by atoms with E-state index in [0.717, 1.165) is 5.82 Å². The average Bonchev–Trinajstić information content (AvgIpc) is 2.28. The molecular formula is C10H16ClN3. The van der Waals surface area contributed by atoms with E-state index in [4.69, 9.17) is 11.6 Å². The van der Waals surface area contributed by atoms with Crippen LogP contribution in [0.4, 0.5) is 0 Å². The van der Waals surface area contributed by atoms with Crippen LogP contribution in [0.25, 0.3) is 0 Å². The molecule has 0 radical (unpaired) electrons. The predicted molar refractivity (Wildman–Crippen MR) is 56.6 cm³/mol. The molecule has 1 aromatic rings. The van der Waals surface area contributed by atoms with Crippen LogP contribution in [0.1, 0.15) is 51.9 Å². The minimum atomic E-state index is 0.0235. The topological polar surface area (TPSA) is 30.7 Å². The molecule has 0 amide bonds. The van der Waals surface area contributed by atoms with Crippen molar-refractivity contribution in [2.24, 2.45) is 0 Å². The average molecular weight is 214 g/mol. The Labute approximate surface area is 89.5 Å². The van der Waals surface area contributed by atoms with Gasteiger partial charge in [-0.25, -0.2) is 0 Å². The van der Waals surface area contributed by atoms with Gasteiger partial charge in [-0.2, -0.15) is 0 Å². The number of hydrogen-bond acceptors (Lipinski definition) is 2. The van der Waals surface area contributed by atoms with Gasteiger partial charge in [0.1, 0.15) is 5.82 Å². The monoisotopic (exact) mass is 213 g/mol. The molecule has 1 aliphatic carbocycles. The molecular weight excluding hydrogens is 198 g/mol. The van der Waals surface area contributed by atoms with Crippen LogP contribution in [0.2, 0.25) is 5.28 Å². The molecule has 4 heteroatoms. The van der Waals surface area contributed by atoms with Crippen molar-refractivity contribution in [2.75, 3.05) is 0 Å². The highest BCUT2D eigenvalue weighted by Gasteiger charge is 2.30. The highest BCUT2D eigenvalue weighted by Crippen LogP contribution is 2.37. The SMILES string of the molecule is CC(C)(C)c1nnc(Cl)n1C1CCC1. The third kappa shape index (κ3) is 1.54. The van der Waals surface area contributed by atoms with Crippen molar-refractivity contribution in [1.29, 1.82) is 0 Å². The van der Waals surface area contributed by atoms with E-state index in [1.807, 2.05) is 0 Å². The summed E-state index contributed by atoms with van der Waals surface area (Å²) in [5.41, 5.74) is 0.0235. The first-order valence-corrected chi connectivity index (χ1v) is 5.49. The Morgan fingerprint density at radius 1 is 1.29 bits per heavy atom. The molecule has 78 valence electrons. The molecule has 0 aromatic carbocycles. The van der Waals surface area contributed by atoms with E-state index in [1.54, 1.807) is 0 Å². The van der Waals surface area contributed by atoms with Crippen LogP contribution < -0.4 is 0 Å². The van der Waals surface area contributed by atoms with E-state index in [-0.39, 0.29) is 5.41 Å². The summed E-state index contributed by atoms with van der Waals surface area (Å²) in [6.07, 6.45) is 3.71. The summed E-state index contributed by atoms with van der Waals surface area (Å²) in [6.45, 7) is 6.42. The summed E-state index contributed by atoms with van der Waals surface area (Å²) in [5, 5.41) is 8.68. The van der Waals surface area contributed by atoms with Crippen LogP contribution in [-0.2, 0) is 5.41 Å². The lowest BCUT2D eigenvalue weighted by Crippen LogP contribution is -2.25. The van der Waals surface area contributed by atoms with Gasteiger partial charge in [-0.3, -0.25) is 4.57 Å². The minimum absolute atomic E-state index is 0.0235. The second-order valence-electron chi connectivity index (χ2n) is 5.00. The van der Waals surface area contributed by atoms with Gasteiger partial charge < -0.3 is 0 Å². The molecule has 2 rings (SSSR count). The van der Waals surface area contributed by atoms with E-state index < -0.39 is 0 Å². The van der Waals surface area contributed by atoms with Crippen molar-refractivity contribution in [3.63, 3.8) is 0 Å². The van der Waals surface area contributed by atoms with Gasteiger partial charge in [0.05, 0.1) is 0 Å². The molecule has 0 atom stereocenters. The zero-order valence-electron chi connectivity index (χ0n) is 8.92. The van der Waals surface area contributed by atoms with Crippen molar-refractivity contribution >= 4 is 11.6 Å². The molecule has 0 spiro atoms. The fraction of sp³-hybridized carbons (Fsp3) is 0.800. The number of aromatic nitrogens is 3. The number of hydrogen-bond donors (Lipinski definition) is 0. The smallest absolute Gasteiger partial charge is 0.225 e. The Hall–Kier alpha value is -0.570. The summed E-state index contributed by atoms with van der Waals surface area (Å²) in [6, 6.07) is 0.534. The lowest BCUT2D eigenvalue weighted by atomic mass is 9.90. The Bertz CT molecular complexity index is 334. The van der Waals surface area contributed by atoms with Crippen molar-refractivity contribution in [3.8, 4) is 0 Å². The zero-order valence-corrected chi connectivity index (χ0v) is 9.67. The molecule has 1 heterocycles. The molecule has 3 nitrogen and oxygen atoms in total. The number of rotatable bonds is 1. The first-order valence-electron chi connectivity index (χ1n) is 5.11. The van der Waals surface area contributed by atoms with Gasteiger partial charge in [0.25, 0.3) is 0 Å². The van der Waals surface area contributed by atoms with E-state index in [1.165, 1.54) is 19.3 Å². The van der Waals surface area contributed by atoms with Gasteiger partial charge in [-0.1, -0.05) is 20.8 Å². The molecule has 1 fully saturated rings. The summed E-state index contributed by atoms with van der Waals surface area (Å²) in [4.78, 5) is 0. The Kier molecular flexibility index (Phi) is 2.30. The zero-order chi connectivity index (χ0) is 10.3. The van der Waals surface area contributed by atoms with Crippen LogP contribution in [0.3, 0.4) is 0 Å². The molecule has 0 saturated heterocycles. The predicted octanol–water partition coefficient (Wildman–Crippen LogP) is 2.95. The summed E-state index contributed by atoms with van der Waals surface area (Å²) in [5.74, 6) is 1.01. The fourth-order valence-electron chi connectivity index (χ4n) is 1.75. The number of halogens is 1. The second-order valence-corrected chi connectivity index (χ2v) is 5.34. The van der Waals surface area contributed by atoms with Gasteiger partial charge in [0, 0.05) is 11.5 Å². The van der Waals surface area contributed by atoms with Gasteiger partial charge in [-0.15, -0.1) is 10.2 Å². The normalized spacial score (nSPS) is 18.3. The van der Waals surface area contributed by atoms with Crippen molar-refractivity contribution in [2.45, 2.75) is 51.5 Å². The van der Waals surface area contributed by atoms with Gasteiger partial charge in [0.2, 0.25) is 5.28 Å². The van der Waals surface area contributed by atoms with Crippen LogP contribution >= 0.6 is 11.6 Å². The van der Waals surface area contributed by atoms with E-state index >= 15 is 0 Å². The van der Waals surface area contributed by atoms with Crippen molar-refractivity contribution in [3.05, 3.63) is 11.1 Å². The van der Waals surface area contributed by atoms with Gasteiger partial charge in [-0.05, 0) is 30.9 Å². The van der Waals surface area contributed by atoms with E-state index in [2.05, 4.69) is 35.5 Å². The van der Waals surface area contributed by atoms with Gasteiger partial charge in [0.15, 0.2) is 0 Å². The van der Waals surface area contributed by atoms with Crippen LogP contribution in [0, 0.1) is 0 Å². The maximum atomic E-state index is 6.05. The maximum absolute atomic E-state index is 6.05. The summed E-state index contributed by atoms with van der Waals surface area (Å²) >= 11 is 6.05. The molecule has 0 bridgehead atoms. The third-order valence-corrected chi connectivity index (χ3v) is 3.02. The highest BCUT2D eigenvalue weighted by molar-refractivity contribution is 6.28. The lowest BCUT2D eigenvalue weighted by Gasteiger charge is -2.31. The maximum Gasteiger partial charge on any atom is 0.225 e. The summed E-state index contributed by atoms with van der Waals surface area (Å²) < 4.78 is 2.10. The quantitative estimate of drug-likeness (QED) is 0.718. The van der Waals surface area contributed by atoms with Crippen molar-refractivity contribution in [1.82, 2.24) is 14.8 Å². The lowest BCUT2D eigenvalue weighted by molar-refractivity contribution is 0.294. The summed E-state index contributed by atoms with van der Waals surface area (Å²) in [7, 11) is 0. The van der Waals surface area contributed by atoms with E-state index in [9.17, 15) is 0 Å². The second kappa shape index (κ2) is 3.23. The number of nitrogens with zero attached hydrogens (tertiary/aromatic N) is 3. The third-order valence-electron chi connectivity index (χ3n) is 2.76. The molecule has 14 heavy (non-hydrogen) atoms. The molecule has 0 N–H and O–H groups in total. The Morgan fingerprint density at radius 2 is 1.93 bits per heavy atom. The molecule has 0 unspecified atom stereocenters. The van der Waals surface area contributed by atoms with Gasteiger partial charge >= 0.3 is 0 Å².